The molecule has 28 heavy (non-hydrogen) atoms. The van der Waals surface area contributed by atoms with Gasteiger partial charge in [0.25, 0.3) is 5.91 Å². The van der Waals surface area contributed by atoms with Gasteiger partial charge in [-0.25, -0.2) is 13.9 Å². The summed E-state index contributed by atoms with van der Waals surface area (Å²) in [6.45, 7) is 0.237. The molecule has 3 aromatic rings. The Balaban J connectivity index is 1.74. The quantitative estimate of drug-likeness (QED) is 0.647. The van der Waals surface area contributed by atoms with Gasteiger partial charge >= 0.3 is 0 Å². The molecule has 2 bridgehead atoms. The maximum Gasteiger partial charge on any atom is 0.256 e. The Morgan fingerprint density at radius 3 is 3.14 bits per heavy atom. The van der Waals surface area contributed by atoms with Crippen LogP contribution in [0.2, 0.25) is 0 Å². The van der Waals surface area contributed by atoms with Crippen molar-refractivity contribution in [1.82, 2.24) is 24.9 Å². The van der Waals surface area contributed by atoms with Crippen LogP contribution in [-0.2, 0) is 6.42 Å². The Labute approximate surface area is 164 Å². The second kappa shape index (κ2) is 6.54. The zero-order chi connectivity index (χ0) is 21.0. The van der Waals surface area contributed by atoms with Crippen molar-refractivity contribution in [1.29, 1.82) is 0 Å². The number of fused-ring (bicyclic) bond motifs is 5. The van der Waals surface area contributed by atoms with Crippen LogP contribution in [0.15, 0.2) is 30.7 Å². The predicted molar refractivity (Wildman–Crippen MR) is 102 cm³/mol. The molecule has 0 unspecified atom stereocenters. The molecule has 1 saturated heterocycles. The SMILES string of the molecule is [2H]C1([2H])CC[C@H]2c3cc(F)cnc3CC[C@@H](C)NC(=O)c3cnn4ccc(nc34)N21. The first-order valence-corrected chi connectivity index (χ1v) is 9.42. The van der Waals surface area contributed by atoms with Gasteiger partial charge in [0.1, 0.15) is 17.2 Å². The van der Waals surface area contributed by atoms with Gasteiger partial charge in [0.05, 0.1) is 18.4 Å². The maximum atomic E-state index is 14.2. The zero-order valence-electron chi connectivity index (χ0n) is 17.4. The van der Waals surface area contributed by atoms with Crippen LogP contribution in [0.4, 0.5) is 10.2 Å². The number of hydrogen-bond donors (Lipinski definition) is 1. The first-order valence-electron chi connectivity index (χ1n) is 10.4. The number of aromatic nitrogens is 4. The molecule has 2 aliphatic heterocycles. The number of carbonyl (C=O) groups excluding carboxylic acids is 1. The highest BCUT2D eigenvalue weighted by molar-refractivity contribution is 5.99. The van der Waals surface area contributed by atoms with Crippen molar-refractivity contribution in [2.45, 2.75) is 44.7 Å². The van der Waals surface area contributed by atoms with Crippen molar-refractivity contribution in [2.24, 2.45) is 0 Å². The number of amides is 1. The monoisotopic (exact) mass is 382 g/mol. The lowest BCUT2D eigenvalue weighted by molar-refractivity contribution is 0.0940. The van der Waals surface area contributed by atoms with E-state index < -0.39 is 18.4 Å². The van der Waals surface area contributed by atoms with Crippen molar-refractivity contribution in [3.63, 3.8) is 0 Å². The minimum atomic E-state index is -1.67. The van der Waals surface area contributed by atoms with E-state index in [0.29, 0.717) is 47.5 Å². The number of pyridine rings is 1. The van der Waals surface area contributed by atoms with Gasteiger partial charge in [0.15, 0.2) is 5.65 Å². The number of hydrogen-bond acceptors (Lipinski definition) is 5. The van der Waals surface area contributed by atoms with Crippen LogP contribution < -0.4 is 10.2 Å². The normalized spacial score (nSPS) is 25.1. The van der Waals surface area contributed by atoms with E-state index in [2.05, 4.69) is 20.4 Å². The number of rotatable bonds is 0. The van der Waals surface area contributed by atoms with Crippen LogP contribution in [0, 0.1) is 5.82 Å². The molecule has 1 N–H and O–H groups in total. The first-order chi connectivity index (χ1) is 14.3. The number of carbonyl (C=O) groups is 1. The molecular formula is C20H21FN6O. The third kappa shape index (κ3) is 2.80. The molecule has 144 valence electrons. The number of nitrogens with zero attached hydrogens (tertiary/aromatic N) is 5. The molecular weight excluding hydrogens is 359 g/mol. The summed E-state index contributed by atoms with van der Waals surface area (Å²) in [4.78, 5) is 23.3. The van der Waals surface area contributed by atoms with Gasteiger partial charge in [-0.2, -0.15) is 5.10 Å². The second-order valence-corrected chi connectivity index (χ2v) is 7.30. The van der Waals surface area contributed by atoms with E-state index in [-0.39, 0.29) is 18.4 Å². The molecule has 3 aromatic heterocycles. The van der Waals surface area contributed by atoms with Crippen molar-refractivity contribution >= 4 is 17.4 Å². The van der Waals surface area contributed by atoms with E-state index in [1.54, 1.807) is 17.2 Å². The van der Waals surface area contributed by atoms with Gasteiger partial charge in [-0.3, -0.25) is 9.78 Å². The summed E-state index contributed by atoms with van der Waals surface area (Å²) < 4.78 is 32.8. The van der Waals surface area contributed by atoms with Gasteiger partial charge < -0.3 is 10.2 Å². The number of anilines is 1. The molecule has 1 amide bonds. The molecule has 0 saturated carbocycles. The number of aryl methyl sites for hydroxylation is 1. The third-order valence-electron chi connectivity index (χ3n) is 5.38. The predicted octanol–water partition coefficient (Wildman–Crippen LogP) is 2.67. The second-order valence-electron chi connectivity index (χ2n) is 7.30. The Morgan fingerprint density at radius 2 is 2.25 bits per heavy atom. The smallest absolute Gasteiger partial charge is 0.256 e. The Bertz CT molecular complexity index is 1150. The van der Waals surface area contributed by atoms with Gasteiger partial charge in [-0.15, -0.1) is 0 Å². The average molecular weight is 382 g/mol. The summed E-state index contributed by atoms with van der Waals surface area (Å²) in [6.07, 6.45) is 6.27. The minimum Gasteiger partial charge on any atom is -0.349 e. The van der Waals surface area contributed by atoms with Gasteiger partial charge in [-0.1, -0.05) is 0 Å². The van der Waals surface area contributed by atoms with Crippen LogP contribution in [0.1, 0.15) is 56.6 Å². The van der Waals surface area contributed by atoms with Crippen LogP contribution in [0.3, 0.4) is 0 Å². The molecule has 5 rings (SSSR count). The highest BCUT2D eigenvalue weighted by atomic mass is 19.1. The lowest BCUT2D eigenvalue weighted by atomic mass is 9.98. The highest BCUT2D eigenvalue weighted by Crippen LogP contribution is 2.37. The molecule has 7 nitrogen and oxygen atoms in total. The molecule has 0 spiro atoms. The van der Waals surface area contributed by atoms with Crippen LogP contribution >= 0.6 is 0 Å². The highest BCUT2D eigenvalue weighted by Gasteiger charge is 2.31. The Kier molecular flexibility index (Phi) is 3.49. The van der Waals surface area contributed by atoms with Gasteiger partial charge in [-0.05, 0) is 50.3 Å². The molecule has 0 aliphatic carbocycles. The minimum absolute atomic E-state index is 0.137. The summed E-state index contributed by atoms with van der Waals surface area (Å²) in [7, 11) is 0. The van der Waals surface area contributed by atoms with Crippen molar-refractivity contribution < 1.29 is 11.9 Å². The average Bonchev–Trinajstić information content (AvgIpc) is 3.26. The summed E-state index contributed by atoms with van der Waals surface area (Å²) >= 11 is 0. The summed E-state index contributed by atoms with van der Waals surface area (Å²) in [6, 6.07) is 2.58. The molecule has 8 heteroatoms. The zero-order valence-corrected chi connectivity index (χ0v) is 15.4. The molecule has 2 atom stereocenters. The standard InChI is InChI=1S/C20H21FN6O/c1-12-4-5-16-14(9-13(21)10-22-16)17-3-2-7-26(17)18-6-8-27-19(25-18)15(11-23-27)20(28)24-12/h6,8-12,17H,2-5,7H2,1H3,(H,24,28)/t12-,17+/m1/s1/i7D2. The largest absolute Gasteiger partial charge is 0.349 e. The molecule has 0 aromatic carbocycles. The molecule has 1 fully saturated rings. The van der Waals surface area contributed by atoms with Crippen LogP contribution in [0.25, 0.3) is 5.65 Å². The van der Waals surface area contributed by atoms with E-state index in [1.807, 2.05) is 6.92 Å². The summed E-state index contributed by atoms with van der Waals surface area (Å²) in [5.41, 5.74) is 2.08. The number of halogens is 1. The fourth-order valence-corrected chi connectivity index (χ4v) is 3.96. The topological polar surface area (TPSA) is 75.4 Å². The Morgan fingerprint density at radius 1 is 1.36 bits per heavy atom. The van der Waals surface area contributed by atoms with E-state index >= 15 is 0 Å². The van der Waals surface area contributed by atoms with E-state index in [0.717, 1.165) is 0 Å². The maximum absolute atomic E-state index is 14.2. The van der Waals surface area contributed by atoms with Gasteiger partial charge in [0.2, 0.25) is 0 Å². The lowest BCUT2D eigenvalue weighted by Crippen LogP contribution is -2.33. The third-order valence-corrected chi connectivity index (χ3v) is 5.38. The van der Waals surface area contributed by atoms with Crippen molar-refractivity contribution in [2.75, 3.05) is 11.4 Å². The van der Waals surface area contributed by atoms with Crippen molar-refractivity contribution in [3.05, 3.63) is 53.4 Å². The van der Waals surface area contributed by atoms with Crippen molar-refractivity contribution in [3.8, 4) is 0 Å². The van der Waals surface area contributed by atoms with E-state index in [4.69, 9.17) is 2.74 Å². The molecule has 2 aliphatic rings. The van der Waals surface area contributed by atoms with Gasteiger partial charge in [0, 0.05) is 27.2 Å². The molecule has 0 radical (unpaired) electrons. The Hall–Kier alpha value is -3.03. The fraction of sp³-hybridized carbons (Fsp3) is 0.400. The number of nitrogens with one attached hydrogen (secondary N) is 1. The molecule has 5 heterocycles. The summed E-state index contributed by atoms with van der Waals surface area (Å²) in [5.74, 6) is -0.352. The van der Waals surface area contributed by atoms with E-state index in [1.165, 1.54) is 23.0 Å². The summed E-state index contributed by atoms with van der Waals surface area (Å²) in [5, 5.41) is 7.16. The fourth-order valence-electron chi connectivity index (χ4n) is 3.96. The van der Waals surface area contributed by atoms with Crippen LogP contribution in [-0.4, -0.2) is 38.0 Å². The van der Waals surface area contributed by atoms with Crippen LogP contribution in [0.5, 0.6) is 0 Å². The first kappa shape index (κ1) is 15.0. The van der Waals surface area contributed by atoms with E-state index in [9.17, 15) is 9.18 Å². The lowest BCUT2D eigenvalue weighted by Gasteiger charge is -2.27.